The van der Waals surface area contributed by atoms with Crippen LogP contribution in [0.2, 0.25) is 0 Å². The summed E-state index contributed by atoms with van der Waals surface area (Å²) in [7, 11) is 0. The van der Waals surface area contributed by atoms with Crippen LogP contribution in [0.3, 0.4) is 0 Å². The minimum atomic E-state index is -0.765. The van der Waals surface area contributed by atoms with Crippen LogP contribution in [0.25, 0.3) is 0 Å². The second-order valence-electron chi connectivity index (χ2n) is 11.3. The van der Waals surface area contributed by atoms with Crippen LogP contribution < -0.4 is 4.90 Å². The van der Waals surface area contributed by atoms with Crippen LogP contribution in [-0.2, 0) is 22.0 Å². The van der Waals surface area contributed by atoms with Gasteiger partial charge >= 0.3 is 5.97 Å². The number of nitrogens with zero attached hydrogens (tertiary/aromatic N) is 1. The van der Waals surface area contributed by atoms with Gasteiger partial charge in [-0.05, 0) is 66.2 Å². The first-order valence-corrected chi connectivity index (χ1v) is 14.0. The van der Waals surface area contributed by atoms with Gasteiger partial charge in [-0.2, -0.15) is 0 Å². The zero-order valence-electron chi connectivity index (χ0n) is 22.7. The third-order valence-corrected chi connectivity index (χ3v) is 8.91. The minimum Gasteiger partial charge on any atom is -0.481 e. The van der Waals surface area contributed by atoms with Crippen LogP contribution >= 0.6 is 0 Å². The number of benzene rings is 3. The van der Waals surface area contributed by atoms with E-state index in [9.17, 15) is 9.90 Å². The summed E-state index contributed by atoms with van der Waals surface area (Å²) >= 11 is 0. The molecular formula is C35H39NO2. The molecule has 1 unspecified atom stereocenters. The molecule has 0 saturated heterocycles. The van der Waals surface area contributed by atoms with Gasteiger partial charge in [0.05, 0.1) is 6.42 Å². The molecule has 5 rings (SSSR count). The summed E-state index contributed by atoms with van der Waals surface area (Å²) in [5.74, 6) is -0.765. The van der Waals surface area contributed by atoms with E-state index in [4.69, 9.17) is 6.58 Å². The summed E-state index contributed by atoms with van der Waals surface area (Å²) in [4.78, 5) is 14.0. The van der Waals surface area contributed by atoms with E-state index in [-0.39, 0.29) is 17.3 Å². The molecule has 0 radical (unpaired) electrons. The van der Waals surface area contributed by atoms with Gasteiger partial charge in [0.1, 0.15) is 0 Å². The molecule has 3 aromatic carbocycles. The van der Waals surface area contributed by atoms with Crippen molar-refractivity contribution in [3.8, 4) is 0 Å². The number of rotatable bonds is 8. The van der Waals surface area contributed by atoms with Crippen molar-refractivity contribution in [3.63, 3.8) is 0 Å². The first kappa shape index (κ1) is 26.0. The molecule has 38 heavy (non-hydrogen) atoms. The lowest BCUT2D eigenvalue weighted by atomic mass is 9.66. The van der Waals surface area contributed by atoms with Crippen molar-refractivity contribution in [2.45, 2.75) is 69.6 Å². The number of carboxylic acid groups (broad SMARTS) is 1. The second kappa shape index (κ2) is 10.6. The quantitative estimate of drug-likeness (QED) is 0.336. The van der Waals surface area contributed by atoms with Gasteiger partial charge in [0.2, 0.25) is 0 Å². The molecule has 1 atom stereocenters. The molecule has 1 spiro atoms. The van der Waals surface area contributed by atoms with Crippen molar-refractivity contribution >= 4 is 11.7 Å². The van der Waals surface area contributed by atoms with E-state index in [1.165, 1.54) is 47.2 Å². The Morgan fingerprint density at radius 1 is 0.974 bits per heavy atom. The van der Waals surface area contributed by atoms with Crippen LogP contribution in [0, 0.1) is 6.92 Å². The van der Waals surface area contributed by atoms with Gasteiger partial charge in [-0.15, -0.1) is 0 Å². The SMILES string of the molecule is C=C(/C=C1/N(CCC(=O)O)c2ccccc2C12CCCCC2)C(C)(Cc1ccccc1)c1ccccc1C. The summed E-state index contributed by atoms with van der Waals surface area (Å²) < 4.78 is 0. The van der Waals surface area contributed by atoms with E-state index >= 15 is 0 Å². The first-order chi connectivity index (χ1) is 18.3. The number of hydrogen-bond donors (Lipinski definition) is 1. The van der Waals surface area contributed by atoms with E-state index in [0.29, 0.717) is 6.54 Å². The van der Waals surface area contributed by atoms with E-state index < -0.39 is 5.97 Å². The van der Waals surface area contributed by atoms with Crippen molar-refractivity contribution in [2.24, 2.45) is 0 Å². The third kappa shape index (κ3) is 4.71. The van der Waals surface area contributed by atoms with Crippen LogP contribution in [0.1, 0.15) is 67.7 Å². The summed E-state index contributed by atoms with van der Waals surface area (Å²) in [5, 5.41) is 9.60. The maximum atomic E-state index is 11.7. The summed E-state index contributed by atoms with van der Waals surface area (Å²) in [6, 6.07) is 28.0. The fourth-order valence-electron chi connectivity index (χ4n) is 6.89. The topological polar surface area (TPSA) is 40.5 Å². The predicted octanol–water partition coefficient (Wildman–Crippen LogP) is 8.13. The van der Waals surface area contributed by atoms with Gasteiger partial charge in [0, 0.05) is 28.8 Å². The highest BCUT2D eigenvalue weighted by molar-refractivity contribution is 5.74. The van der Waals surface area contributed by atoms with Crippen molar-refractivity contribution in [1.29, 1.82) is 0 Å². The molecular weight excluding hydrogens is 466 g/mol. The van der Waals surface area contributed by atoms with E-state index in [1.54, 1.807) is 0 Å². The molecule has 3 heteroatoms. The number of aryl methyl sites for hydroxylation is 1. The highest BCUT2D eigenvalue weighted by atomic mass is 16.4. The van der Waals surface area contributed by atoms with Gasteiger partial charge in [0.15, 0.2) is 0 Å². The van der Waals surface area contributed by atoms with Crippen LogP contribution in [0.5, 0.6) is 0 Å². The minimum absolute atomic E-state index is 0.0876. The van der Waals surface area contributed by atoms with Gasteiger partial charge in [-0.25, -0.2) is 0 Å². The Labute approximate surface area is 227 Å². The molecule has 3 nitrogen and oxygen atoms in total. The number of fused-ring (bicyclic) bond motifs is 2. The normalized spacial score (nSPS) is 18.8. The number of anilines is 1. The lowest BCUT2D eigenvalue weighted by Gasteiger charge is -2.39. The predicted molar refractivity (Wildman–Crippen MR) is 157 cm³/mol. The Morgan fingerprint density at radius 2 is 1.63 bits per heavy atom. The molecule has 196 valence electrons. The molecule has 1 fully saturated rings. The van der Waals surface area contributed by atoms with Crippen LogP contribution in [0.15, 0.2) is 103 Å². The summed E-state index contributed by atoms with van der Waals surface area (Å²) in [5.41, 5.74) is 8.24. The molecule has 1 aliphatic carbocycles. The Hall–Kier alpha value is -3.59. The zero-order chi connectivity index (χ0) is 26.8. The second-order valence-corrected chi connectivity index (χ2v) is 11.3. The lowest BCUT2D eigenvalue weighted by molar-refractivity contribution is -0.136. The van der Waals surface area contributed by atoms with Crippen LogP contribution in [0.4, 0.5) is 5.69 Å². The molecule has 1 heterocycles. The highest BCUT2D eigenvalue weighted by Crippen LogP contribution is 2.56. The van der Waals surface area contributed by atoms with E-state index in [1.807, 2.05) is 0 Å². The molecule has 1 aliphatic heterocycles. The fourth-order valence-corrected chi connectivity index (χ4v) is 6.89. The summed E-state index contributed by atoms with van der Waals surface area (Å²) in [6.45, 7) is 9.73. The third-order valence-electron chi connectivity index (χ3n) is 8.91. The average molecular weight is 506 g/mol. The maximum absolute atomic E-state index is 11.7. The van der Waals surface area contributed by atoms with Gasteiger partial charge in [0.25, 0.3) is 0 Å². The van der Waals surface area contributed by atoms with Gasteiger partial charge in [-0.1, -0.05) is 106 Å². The number of hydrogen-bond acceptors (Lipinski definition) is 2. The first-order valence-electron chi connectivity index (χ1n) is 14.0. The molecule has 2 aliphatic rings. The molecule has 0 amide bonds. The smallest absolute Gasteiger partial charge is 0.305 e. The number of carbonyl (C=O) groups is 1. The fraction of sp³-hybridized carbons (Fsp3) is 0.343. The largest absolute Gasteiger partial charge is 0.481 e. The molecule has 3 aromatic rings. The number of allylic oxidation sites excluding steroid dienone is 3. The maximum Gasteiger partial charge on any atom is 0.305 e. The highest BCUT2D eigenvalue weighted by Gasteiger charge is 2.48. The Balaban J connectivity index is 1.65. The molecule has 1 saturated carbocycles. The number of para-hydroxylation sites is 1. The van der Waals surface area contributed by atoms with Crippen molar-refractivity contribution in [2.75, 3.05) is 11.4 Å². The van der Waals surface area contributed by atoms with Gasteiger partial charge < -0.3 is 10.0 Å². The van der Waals surface area contributed by atoms with Crippen molar-refractivity contribution < 1.29 is 9.90 Å². The Morgan fingerprint density at radius 3 is 2.34 bits per heavy atom. The Bertz CT molecular complexity index is 1350. The van der Waals surface area contributed by atoms with Crippen LogP contribution in [-0.4, -0.2) is 17.6 Å². The monoisotopic (exact) mass is 505 g/mol. The number of carboxylic acids is 1. The standard InChI is InChI=1S/C35H39NO2/c1-26-14-8-9-17-29(26)34(3,25-28-15-6-4-7-16-28)27(2)24-32-35(21-12-5-13-22-35)30-18-10-11-19-31(30)36(32)23-20-33(37)38/h4,6-11,14-19,24H,2,5,12-13,20-23,25H2,1,3H3,(H,37,38)/b32-24+. The zero-order valence-corrected chi connectivity index (χ0v) is 22.7. The molecule has 0 bridgehead atoms. The molecule has 1 N–H and O–H groups in total. The van der Waals surface area contributed by atoms with Crippen molar-refractivity contribution in [3.05, 3.63) is 125 Å². The Kier molecular flexibility index (Phi) is 7.29. The van der Waals surface area contributed by atoms with Crippen molar-refractivity contribution in [1.82, 2.24) is 0 Å². The summed E-state index contributed by atoms with van der Waals surface area (Å²) in [6.07, 6.45) is 9.08. The average Bonchev–Trinajstić information content (AvgIpc) is 3.16. The lowest BCUT2D eigenvalue weighted by Crippen LogP contribution is -2.35. The van der Waals surface area contributed by atoms with E-state index in [0.717, 1.165) is 30.5 Å². The van der Waals surface area contributed by atoms with E-state index in [2.05, 4.69) is 104 Å². The number of aliphatic carboxylic acids is 1. The van der Waals surface area contributed by atoms with Gasteiger partial charge in [-0.3, -0.25) is 4.79 Å². The molecule has 0 aromatic heterocycles.